The van der Waals surface area contributed by atoms with Gasteiger partial charge in [0.1, 0.15) is 22.8 Å². The molecule has 1 aliphatic carbocycles. The first-order chi connectivity index (χ1) is 13.2. The number of ether oxygens (including phenoxy) is 3. The Hall–Kier alpha value is -2.60. The van der Waals surface area contributed by atoms with Gasteiger partial charge in [-0.25, -0.2) is 4.79 Å². The summed E-state index contributed by atoms with van der Waals surface area (Å²) >= 11 is 5.51. The SMILES string of the molecule is COc1cccc(Oc2ccc3c(c2)C[C@H](NC(=O)OC(C)(C)C)C(=S)C3)c1. The minimum atomic E-state index is -0.546. The van der Waals surface area contributed by atoms with Crippen LogP contribution < -0.4 is 14.8 Å². The lowest BCUT2D eigenvalue weighted by molar-refractivity contribution is 0.0518. The van der Waals surface area contributed by atoms with Crippen LogP contribution in [-0.4, -0.2) is 29.7 Å². The highest BCUT2D eigenvalue weighted by Crippen LogP contribution is 2.29. The van der Waals surface area contributed by atoms with E-state index in [1.165, 1.54) is 0 Å². The summed E-state index contributed by atoms with van der Waals surface area (Å²) in [5, 5.41) is 2.89. The molecule has 0 aromatic heterocycles. The number of hydrogen-bond donors (Lipinski definition) is 1. The molecular weight excluding hydrogens is 374 g/mol. The molecule has 28 heavy (non-hydrogen) atoms. The molecule has 1 aliphatic rings. The highest BCUT2D eigenvalue weighted by Gasteiger charge is 2.27. The van der Waals surface area contributed by atoms with Crippen LogP contribution in [0, 0.1) is 0 Å². The Morgan fingerprint density at radius 2 is 1.79 bits per heavy atom. The first-order valence-corrected chi connectivity index (χ1v) is 9.60. The highest BCUT2D eigenvalue weighted by atomic mass is 32.1. The number of carbonyl (C=O) groups is 1. The summed E-state index contributed by atoms with van der Waals surface area (Å²) in [7, 11) is 1.62. The van der Waals surface area contributed by atoms with E-state index in [1.807, 2.05) is 63.2 Å². The smallest absolute Gasteiger partial charge is 0.408 e. The number of amides is 1. The van der Waals surface area contributed by atoms with Crippen LogP contribution in [-0.2, 0) is 17.6 Å². The second-order valence-corrected chi connectivity index (χ2v) is 8.28. The molecule has 1 atom stereocenters. The molecule has 3 rings (SSSR count). The number of alkyl carbamates (subject to hydrolysis) is 1. The second kappa shape index (κ2) is 8.19. The largest absolute Gasteiger partial charge is 0.497 e. The topological polar surface area (TPSA) is 56.8 Å². The minimum Gasteiger partial charge on any atom is -0.497 e. The maximum atomic E-state index is 12.1. The number of nitrogens with one attached hydrogen (secondary N) is 1. The Morgan fingerprint density at radius 3 is 2.50 bits per heavy atom. The van der Waals surface area contributed by atoms with Crippen LogP contribution in [0.5, 0.6) is 17.2 Å². The summed E-state index contributed by atoms with van der Waals surface area (Å²) in [6, 6.07) is 13.2. The number of carbonyl (C=O) groups excluding carboxylic acids is 1. The Bertz CT molecular complexity index is 888. The van der Waals surface area contributed by atoms with Crippen molar-refractivity contribution in [1.29, 1.82) is 0 Å². The first kappa shape index (κ1) is 20.1. The van der Waals surface area contributed by atoms with Crippen molar-refractivity contribution in [2.75, 3.05) is 7.11 Å². The Kier molecular flexibility index (Phi) is 5.89. The van der Waals surface area contributed by atoms with Crippen LogP contribution >= 0.6 is 12.2 Å². The molecule has 1 N–H and O–H groups in total. The Morgan fingerprint density at radius 1 is 1.07 bits per heavy atom. The molecule has 0 aliphatic heterocycles. The third-order valence-corrected chi connectivity index (χ3v) is 4.75. The maximum Gasteiger partial charge on any atom is 0.408 e. The molecule has 148 valence electrons. The first-order valence-electron chi connectivity index (χ1n) is 9.19. The van der Waals surface area contributed by atoms with Crippen LogP contribution in [0.25, 0.3) is 0 Å². The fraction of sp³-hybridized carbons (Fsp3) is 0.364. The highest BCUT2D eigenvalue weighted by molar-refractivity contribution is 7.80. The van der Waals surface area contributed by atoms with E-state index < -0.39 is 11.7 Å². The van der Waals surface area contributed by atoms with Crippen molar-refractivity contribution >= 4 is 23.2 Å². The van der Waals surface area contributed by atoms with Crippen molar-refractivity contribution in [2.45, 2.75) is 45.3 Å². The number of hydrogen-bond acceptors (Lipinski definition) is 5. The van der Waals surface area contributed by atoms with E-state index in [9.17, 15) is 4.79 Å². The van der Waals surface area contributed by atoms with Gasteiger partial charge in [-0.2, -0.15) is 0 Å². The average molecular weight is 400 g/mol. The van der Waals surface area contributed by atoms with E-state index in [0.717, 1.165) is 27.5 Å². The monoisotopic (exact) mass is 399 g/mol. The minimum absolute atomic E-state index is 0.232. The Labute approximate surface area is 171 Å². The van der Waals surface area contributed by atoms with E-state index in [-0.39, 0.29) is 6.04 Å². The van der Waals surface area contributed by atoms with Gasteiger partial charge in [0.15, 0.2) is 0 Å². The Balaban J connectivity index is 1.72. The van der Waals surface area contributed by atoms with E-state index >= 15 is 0 Å². The number of thiocarbonyl (C=S) groups is 1. The lowest BCUT2D eigenvalue weighted by Crippen LogP contribution is -2.46. The normalized spacial score (nSPS) is 16.1. The summed E-state index contributed by atoms with van der Waals surface area (Å²) in [6.45, 7) is 5.51. The molecule has 0 spiro atoms. The van der Waals surface area contributed by atoms with Crippen molar-refractivity contribution < 1.29 is 19.0 Å². The molecule has 0 saturated carbocycles. The predicted octanol–water partition coefficient (Wildman–Crippen LogP) is 4.85. The number of methoxy groups -OCH3 is 1. The molecule has 5 nitrogen and oxygen atoms in total. The molecular formula is C22H25NO4S. The van der Waals surface area contributed by atoms with Gasteiger partial charge in [-0.3, -0.25) is 0 Å². The van der Waals surface area contributed by atoms with Crippen molar-refractivity contribution in [3.8, 4) is 17.2 Å². The quantitative estimate of drug-likeness (QED) is 0.745. The summed E-state index contributed by atoms with van der Waals surface area (Å²) < 4.78 is 16.6. The summed E-state index contributed by atoms with van der Waals surface area (Å²) in [4.78, 5) is 12.9. The molecule has 0 unspecified atom stereocenters. The van der Waals surface area contributed by atoms with Crippen LogP contribution in [0.4, 0.5) is 4.79 Å². The predicted molar refractivity (Wildman–Crippen MR) is 113 cm³/mol. The van der Waals surface area contributed by atoms with Gasteiger partial charge in [0, 0.05) is 17.4 Å². The molecule has 0 bridgehead atoms. The van der Waals surface area contributed by atoms with Gasteiger partial charge in [0.25, 0.3) is 0 Å². The van der Waals surface area contributed by atoms with Gasteiger partial charge in [-0.05, 0) is 62.6 Å². The zero-order valence-corrected chi connectivity index (χ0v) is 17.4. The summed E-state index contributed by atoms with van der Waals surface area (Å²) in [5.41, 5.74) is 1.72. The fourth-order valence-corrected chi connectivity index (χ4v) is 3.35. The number of rotatable bonds is 4. The van der Waals surface area contributed by atoms with E-state index in [2.05, 4.69) is 5.32 Å². The number of benzene rings is 2. The molecule has 6 heteroatoms. The molecule has 1 amide bonds. The second-order valence-electron chi connectivity index (χ2n) is 7.76. The van der Waals surface area contributed by atoms with Crippen LogP contribution in [0.15, 0.2) is 42.5 Å². The van der Waals surface area contributed by atoms with E-state index in [1.54, 1.807) is 7.11 Å². The van der Waals surface area contributed by atoms with Gasteiger partial charge in [0.2, 0.25) is 0 Å². The molecule has 0 heterocycles. The van der Waals surface area contributed by atoms with Crippen molar-refractivity contribution in [3.05, 3.63) is 53.6 Å². The van der Waals surface area contributed by atoms with E-state index in [0.29, 0.717) is 18.6 Å². The third kappa shape index (κ3) is 5.23. The van der Waals surface area contributed by atoms with Crippen LogP contribution in [0.2, 0.25) is 0 Å². The van der Waals surface area contributed by atoms with Gasteiger partial charge < -0.3 is 19.5 Å². The molecule has 0 saturated heterocycles. The average Bonchev–Trinajstić information content (AvgIpc) is 2.61. The molecule has 2 aromatic carbocycles. The third-order valence-electron chi connectivity index (χ3n) is 4.32. The molecule has 2 aromatic rings. The van der Waals surface area contributed by atoms with Crippen molar-refractivity contribution in [1.82, 2.24) is 5.32 Å². The molecule has 0 radical (unpaired) electrons. The van der Waals surface area contributed by atoms with Gasteiger partial charge in [0.05, 0.1) is 13.2 Å². The lowest BCUT2D eigenvalue weighted by Gasteiger charge is -2.28. The number of fused-ring (bicyclic) bond motifs is 1. The van der Waals surface area contributed by atoms with Crippen molar-refractivity contribution in [3.63, 3.8) is 0 Å². The molecule has 0 fully saturated rings. The standard InChI is InChI=1S/C22H25NO4S/c1-22(2,3)27-21(24)23-19-11-15-10-18(9-8-14(15)12-20(19)28)26-17-7-5-6-16(13-17)25-4/h5-10,13,19H,11-12H2,1-4H3,(H,23,24)/t19-/m0/s1. The zero-order chi connectivity index (χ0) is 20.3. The maximum absolute atomic E-state index is 12.1. The van der Waals surface area contributed by atoms with Crippen LogP contribution in [0.3, 0.4) is 0 Å². The van der Waals surface area contributed by atoms with Gasteiger partial charge in [-0.1, -0.05) is 24.4 Å². The van der Waals surface area contributed by atoms with Gasteiger partial charge in [-0.15, -0.1) is 0 Å². The zero-order valence-electron chi connectivity index (χ0n) is 16.6. The lowest BCUT2D eigenvalue weighted by atomic mass is 9.88. The summed E-state index contributed by atoms with van der Waals surface area (Å²) in [5.74, 6) is 2.17. The van der Waals surface area contributed by atoms with E-state index in [4.69, 9.17) is 26.4 Å². The summed E-state index contributed by atoms with van der Waals surface area (Å²) in [6.07, 6.45) is 0.805. The fourth-order valence-electron chi connectivity index (χ4n) is 3.06. The van der Waals surface area contributed by atoms with Gasteiger partial charge >= 0.3 is 6.09 Å². The van der Waals surface area contributed by atoms with Crippen molar-refractivity contribution in [2.24, 2.45) is 0 Å². The van der Waals surface area contributed by atoms with Crippen LogP contribution in [0.1, 0.15) is 31.9 Å².